The number of hydrogen-bond donors (Lipinski definition) is 0. The second-order valence-corrected chi connectivity index (χ2v) is 5.85. The van der Waals surface area contributed by atoms with Crippen molar-refractivity contribution in [1.29, 1.82) is 0 Å². The Morgan fingerprint density at radius 1 is 1.36 bits per heavy atom. The molecule has 4 heteroatoms. The van der Waals surface area contributed by atoms with E-state index in [1.807, 2.05) is 6.07 Å². The van der Waals surface area contributed by atoms with Crippen LogP contribution in [0.3, 0.4) is 0 Å². The monoisotopic (exact) mass is 300 g/mol. The van der Waals surface area contributed by atoms with E-state index in [2.05, 4.69) is 41.4 Å². The highest BCUT2D eigenvalue weighted by atomic mass is 16.5. The zero-order valence-electron chi connectivity index (χ0n) is 13.1. The maximum absolute atomic E-state index is 5.65. The number of ether oxygens (including phenoxy) is 2. The first-order valence-electron chi connectivity index (χ1n) is 8.03. The van der Waals surface area contributed by atoms with Gasteiger partial charge in [-0.2, -0.15) is 5.10 Å². The summed E-state index contributed by atoms with van der Waals surface area (Å²) in [5, 5.41) is 6.99. The fraction of sp³-hybridized carbons (Fsp3) is 0.500. The summed E-state index contributed by atoms with van der Waals surface area (Å²) >= 11 is 0. The van der Waals surface area contributed by atoms with E-state index in [9.17, 15) is 0 Å². The average molecular weight is 300 g/mol. The lowest BCUT2D eigenvalue weighted by Gasteiger charge is -2.31. The molecule has 0 N–H and O–H groups in total. The molecule has 2 aliphatic rings. The van der Waals surface area contributed by atoms with Gasteiger partial charge >= 0.3 is 0 Å². The average Bonchev–Trinajstić information content (AvgIpc) is 2.97. The Labute approximate surface area is 132 Å². The van der Waals surface area contributed by atoms with E-state index in [0.717, 1.165) is 19.6 Å². The standard InChI is InChI=1S/C18H24N2O2/c1-21-13-16-10-6-12-20(16)19-17-14-22-18(17)11-5-9-15-7-3-2-4-8-15/h2-5,7-9,16,18H,6,10-14H2,1H3/b9-5+,19-17+/t16-,18-/m0/s1. The zero-order chi connectivity index (χ0) is 15.2. The third-order valence-electron chi connectivity index (χ3n) is 4.23. The minimum atomic E-state index is 0.142. The summed E-state index contributed by atoms with van der Waals surface area (Å²) in [5.41, 5.74) is 2.39. The van der Waals surface area contributed by atoms with Crippen LogP contribution in [0.1, 0.15) is 24.8 Å². The number of hydrazone groups is 1. The Balaban J connectivity index is 1.53. The van der Waals surface area contributed by atoms with Gasteiger partial charge in [-0.25, -0.2) is 0 Å². The van der Waals surface area contributed by atoms with Crippen molar-refractivity contribution in [3.8, 4) is 0 Å². The van der Waals surface area contributed by atoms with Gasteiger partial charge in [-0.05, 0) is 24.8 Å². The molecule has 0 spiro atoms. The van der Waals surface area contributed by atoms with Crippen LogP contribution in [0.2, 0.25) is 0 Å². The van der Waals surface area contributed by atoms with Crippen LogP contribution in [0.25, 0.3) is 6.08 Å². The van der Waals surface area contributed by atoms with E-state index in [1.54, 1.807) is 7.11 Å². The van der Waals surface area contributed by atoms with Crippen molar-refractivity contribution in [3.63, 3.8) is 0 Å². The topological polar surface area (TPSA) is 34.1 Å². The third kappa shape index (κ3) is 3.76. The Kier molecular flexibility index (Phi) is 5.24. The lowest BCUT2D eigenvalue weighted by atomic mass is 10.1. The molecule has 0 radical (unpaired) electrons. The van der Waals surface area contributed by atoms with E-state index in [-0.39, 0.29) is 6.10 Å². The summed E-state index contributed by atoms with van der Waals surface area (Å²) in [6.07, 6.45) is 7.71. The van der Waals surface area contributed by atoms with Gasteiger partial charge < -0.3 is 9.47 Å². The molecule has 2 saturated heterocycles. The molecule has 0 unspecified atom stereocenters. The first kappa shape index (κ1) is 15.3. The number of benzene rings is 1. The lowest BCUT2D eigenvalue weighted by Crippen LogP contribution is -2.43. The van der Waals surface area contributed by atoms with Crippen LogP contribution in [0.5, 0.6) is 0 Å². The van der Waals surface area contributed by atoms with Gasteiger partial charge in [0.2, 0.25) is 0 Å². The molecule has 2 aliphatic heterocycles. The highest BCUT2D eigenvalue weighted by molar-refractivity contribution is 5.93. The molecule has 0 saturated carbocycles. The minimum Gasteiger partial charge on any atom is -0.382 e. The summed E-state index contributed by atoms with van der Waals surface area (Å²) in [6, 6.07) is 10.8. The minimum absolute atomic E-state index is 0.142. The molecule has 2 atom stereocenters. The summed E-state index contributed by atoms with van der Waals surface area (Å²) in [7, 11) is 1.76. The number of methoxy groups -OCH3 is 1. The number of rotatable bonds is 6. The predicted molar refractivity (Wildman–Crippen MR) is 88.9 cm³/mol. The summed E-state index contributed by atoms with van der Waals surface area (Å²) in [5.74, 6) is 0. The molecule has 4 nitrogen and oxygen atoms in total. The number of hydrogen-bond acceptors (Lipinski definition) is 4. The van der Waals surface area contributed by atoms with Crippen molar-refractivity contribution >= 4 is 11.8 Å². The second kappa shape index (κ2) is 7.56. The molecule has 2 fully saturated rings. The number of nitrogens with zero attached hydrogens (tertiary/aromatic N) is 2. The molecule has 0 aliphatic carbocycles. The Morgan fingerprint density at radius 3 is 2.95 bits per heavy atom. The quantitative estimate of drug-likeness (QED) is 0.810. The van der Waals surface area contributed by atoms with Crippen LogP contribution in [0, 0.1) is 0 Å². The Bertz CT molecular complexity index is 527. The van der Waals surface area contributed by atoms with Crippen LogP contribution >= 0.6 is 0 Å². The van der Waals surface area contributed by atoms with E-state index in [4.69, 9.17) is 14.6 Å². The molecule has 1 aromatic carbocycles. The molecule has 1 aromatic rings. The molecule has 22 heavy (non-hydrogen) atoms. The highest BCUT2D eigenvalue weighted by Crippen LogP contribution is 2.21. The molecule has 0 bridgehead atoms. The van der Waals surface area contributed by atoms with Crippen molar-refractivity contribution in [2.24, 2.45) is 5.10 Å². The lowest BCUT2D eigenvalue weighted by molar-refractivity contribution is 0.0660. The van der Waals surface area contributed by atoms with Gasteiger partial charge in [0, 0.05) is 13.7 Å². The van der Waals surface area contributed by atoms with E-state index < -0.39 is 0 Å². The summed E-state index contributed by atoms with van der Waals surface area (Å²) in [6.45, 7) is 2.46. The Morgan fingerprint density at radius 2 is 2.23 bits per heavy atom. The summed E-state index contributed by atoms with van der Waals surface area (Å²) in [4.78, 5) is 0. The van der Waals surface area contributed by atoms with Crippen molar-refractivity contribution in [2.75, 3.05) is 26.9 Å². The maximum Gasteiger partial charge on any atom is 0.104 e. The predicted octanol–water partition coefficient (Wildman–Crippen LogP) is 2.96. The normalized spacial score (nSPS) is 26.8. The van der Waals surface area contributed by atoms with Gasteiger partial charge in [-0.1, -0.05) is 42.5 Å². The maximum atomic E-state index is 5.65. The SMILES string of the molecule is COC[C@@H]1CCCN1/N=C1\CO[C@H]1C/C=C/c1ccccc1. The van der Waals surface area contributed by atoms with Gasteiger partial charge in [0.05, 0.1) is 25.0 Å². The zero-order valence-corrected chi connectivity index (χ0v) is 13.1. The van der Waals surface area contributed by atoms with Crippen molar-refractivity contribution in [2.45, 2.75) is 31.4 Å². The first-order chi connectivity index (χ1) is 10.9. The van der Waals surface area contributed by atoms with Crippen molar-refractivity contribution < 1.29 is 9.47 Å². The van der Waals surface area contributed by atoms with Crippen LogP contribution in [0.4, 0.5) is 0 Å². The van der Waals surface area contributed by atoms with Crippen molar-refractivity contribution in [3.05, 3.63) is 42.0 Å². The first-order valence-corrected chi connectivity index (χ1v) is 8.03. The molecule has 2 heterocycles. The van der Waals surface area contributed by atoms with Crippen LogP contribution < -0.4 is 0 Å². The molecular formula is C18H24N2O2. The van der Waals surface area contributed by atoms with Gasteiger partial charge in [-0.15, -0.1) is 0 Å². The second-order valence-electron chi connectivity index (χ2n) is 5.85. The van der Waals surface area contributed by atoms with Crippen LogP contribution in [-0.2, 0) is 9.47 Å². The van der Waals surface area contributed by atoms with Gasteiger partial charge in [0.1, 0.15) is 6.10 Å². The van der Waals surface area contributed by atoms with Gasteiger partial charge in [0.15, 0.2) is 0 Å². The highest BCUT2D eigenvalue weighted by Gasteiger charge is 2.30. The van der Waals surface area contributed by atoms with Crippen LogP contribution in [0.15, 0.2) is 41.5 Å². The van der Waals surface area contributed by atoms with Crippen LogP contribution in [-0.4, -0.2) is 49.7 Å². The van der Waals surface area contributed by atoms with Crippen molar-refractivity contribution in [1.82, 2.24) is 5.01 Å². The Hall–Kier alpha value is -1.65. The van der Waals surface area contributed by atoms with E-state index in [1.165, 1.54) is 24.1 Å². The fourth-order valence-electron chi connectivity index (χ4n) is 2.94. The molecule has 118 valence electrons. The smallest absolute Gasteiger partial charge is 0.104 e. The molecule has 3 rings (SSSR count). The summed E-state index contributed by atoms with van der Waals surface area (Å²) < 4.78 is 10.9. The molecule has 0 amide bonds. The van der Waals surface area contributed by atoms with E-state index in [0.29, 0.717) is 12.6 Å². The molecular weight excluding hydrogens is 276 g/mol. The largest absolute Gasteiger partial charge is 0.382 e. The van der Waals surface area contributed by atoms with Gasteiger partial charge in [0.25, 0.3) is 0 Å². The van der Waals surface area contributed by atoms with Gasteiger partial charge in [-0.3, -0.25) is 5.01 Å². The fourth-order valence-corrected chi connectivity index (χ4v) is 2.94. The third-order valence-corrected chi connectivity index (χ3v) is 4.23. The molecule has 0 aromatic heterocycles. The van der Waals surface area contributed by atoms with E-state index >= 15 is 0 Å².